The minimum absolute atomic E-state index is 0.224. The molecule has 1 aromatic carbocycles. The van der Waals surface area contributed by atoms with Gasteiger partial charge in [0.2, 0.25) is 0 Å². The van der Waals surface area contributed by atoms with Crippen molar-refractivity contribution in [2.45, 2.75) is 32.4 Å². The molecule has 2 N–H and O–H groups in total. The van der Waals surface area contributed by atoms with Crippen LogP contribution in [-0.2, 0) is 6.54 Å². The van der Waals surface area contributed by atoms with E-state index in [2.05, 4.69) is 4.98 Å². The maximum Gasteiger partial charge on any atom is 0.337 e. The normalized spacial score (nSPS) is 12.8. The maximum atomic E-state index is 11.0. The Bertz CT molecular complexity index is 560. The van der Waals surface area contributed by atoms with Crippen LogP contribution in [0.1, 0.15) is 30.1 Å². The number of aryl methyl sites for hydroxylation is 1. The number of hydrogen-bond acceptors (Lipinski definition) is 3. The monoisotopic (exact) mass is 248 g/mol. The lowest BCUT2D eigenvalue weighted by atomic mass is 10.2. The van der Waals surface area contributed by atoms with Crippen molar-refractivity contribution in [2.24, 2.45) is 0 Å². The molecule has 5 heteroatoms. The third-order valence-electron chi connectivity index (χ3n) is 2.90. The number of imidazole rings is 1. The molecule has 0 saturated heterocycles. The van der Waals surface area contributed by atoms with Gasteiger partial charge in [0, 0.05) is 6.54 Å². The first-order chi connectivity index (χ1) is 8.59. The van der Waals surface area contributed by atoms with Gasteiger partial charge in [0.15, 0.2) is 0 Å². The molecule has 96 valence electrons. The summed E-state index contributed by atoms with van der Waals surface area (Å²) in [6.45, 7) is 2.49. The van der Waals surface area contributed by atoms with Crippen LogP contribution in [0.25, 0.3) is 11.0 Å². The minimum Gasteiger partial charge on any atom is -0.478 e. The average Bonchev–Trinajstić information content (AvgIpc) is 2.72. The molecule has 0 bridgehead atoms. The number of carbonyl (C=O) groups is 1. The Balaban J connectivity index is 2.26. The zero-order valence-corrected chi connectivity index (χ0v) is 10.2. The van der Waals surface area contributed by atoms with Gasteiger partial charge in [0.1, 0.15) is 5.52 Å². The number of aliphatic hydroxyl groups is 1. The second-order valence-corrected chi connectivity index (χ2v) is 4.41. The molecule has 2 rings (SSSR count). The number of benzene rings is 1. The van der Waals surface area contributed by atoms with Crippen LogP contribution in [-0.4, -0.2) is 31.8 Å². The second-order valence-electron chi connectivity index (χ2n) is 4.41. The van der Waals surface area contributed by atoms with Crippen LogP contribution < -0.4 is 0 Å². The van der Waals surface area contributed by atoms with Crippen molar-refractivity contribution in [2.75, 3.05) is 0 Å². The quantitative estimate of drug-likeness (QED) is 0.847. The number of para-hydroxylation sites is 1. The summed E-state index contributed by atoms with van der Waals surface area (Å²) in [5.41, 5.74) is 1.56. The summed E-state index contributed by atoms with van der Waals surface area (Å²) in [6.07, 6.45) is 2.90. The van der Waals surface area contributed by atoms with Crippen molar-refractivity contribution in [3.63, 3.8) is 0 Å². The Morgan fingerprint density at radius 3 is 2.94 bits per heavy atom. The molecule has 1 atom stereocenters. The lowest BCUT2D eigenvalue weighted by molar-refractivity contribution is 0.0699. The largest absolute Gasteiger partial charge is 0.478 e. The number of fused-ring (bicyclic) bond motifs is 1. The van der Waals surface area contributed by atoms with Gasteiger partial charge in [-0.2, -0.15) is 0 Å². The molecule has 0 fully saturated rings. The zero-order valence-electron chi connectivity index (χ0n) is 10.2. The third-order valence-corrected chi connectivity index (χ3v) is 2.90. The van der Waals surface area contributed by atoms with Crippen molar-refractivity contribution in [3.05, 3.63) is 30.1 Å². The van der Waals surface area contributed by atoms with Crippen molar-refractivity contribution in [3.8, 4) is 0 Å². The molecule has 0 aliphatic carbocycles. The van der Waals surface area contributed by atoms with Crippen LogP contribution in [0, 0.1) is 0 Å². The highest BCUT2D eigenvalue weighted by Crippen LogP contribution is 2.18. The van der Waals surface area contributed by atoms with Crippen LogP contribution in [0.4, 0.5) is 0 Å². The van der Waals surface area contributed by atoms with Crippen molar-refractivity contribution in [1.29, 1.82) is 0 Å². The molecular formula is C13H16N2O3. The van der Waals surface area contributed by atoms with Crippen LogP contribution in [0.5, 0.6) is 0 Å². The summed E-state index contributed by atoms with van der Waals surface area (Å²) in [4.78, 5) is 15.2. The Morgan fingerprint density at radius 2 is 2.28 bits per heavy atom. The number of aliphatic hydroxyl groups excluding tert-OH is 1. The van der Waals surface area contributed by atoms with Gasteiger partial charge < -0.3 is 14.8 Å². The molecule has 0 saturated carbocycles. The van der Waals surface area contributed by atoms with E-state index in [1.165, 1.54) is 0 Å². The Kier molecular flexibility index (Phi) is 3.62. The SMILES string of the molecule is CC(O)CCCn1cnc2c(C(=O)O)cccc21. The van der Waals surface area contributed by atoms with Gasteiger partial charge in [0.05, 0.1) is 23.5 Å². The van der Waals surface area contributed by atoms with E-state index in [1.54, 1.807) is 25.4 Å². The Hall–Kier alpha value is -1.88. The molecular weight excluding hydrogens is 232 g/mol. The highest BCUT2D eigenvalue weighted by atomic mass is 16.4. The van der Waals surface area contributed by atoms with Crippen LogP contribution in [0.15, 0.2) is 24.5 Å². The number of rotatable bonds is 5. The topological polar surface area (TPSA) is 75.3 Å². The molecule has 0 amide bonds. The smallest absolute Gasteiger partial charge is 0.337 e. The molecule has 0 aliphatic heterocycles. The number of carboxylic acids is 1. The van der Waals surface area contributed by atoms with Gasteiger partial charge in [-0.05, 0) is 31.9 Å². The van der Waals surface area contributed by atoms with Crippen LogP contribution >= 0.6 is 0 Å². The molecule has 0 radical (unpaired) electrons. The van der Waals surface area contributed by atoms with Crippen molar-refractivity contribution >= 4 is 17.0 Å². The third kappa shape index (κ3) is 2.51. The van der Waals surface area contributed by atoms with E-state index in [1.807, 2.05) is 10.6 Å². The van der Waals surface area contributed by atoms with Gasteiger partial charge in [-0.25, -0.2) is 9.78 Å². The summed E-state index contributed by atoms with van der Waals surface area (Å²) in [6, 6.07) is 5.13. The molecule has 0 spiro atoms. The molecule has 1 heterocycles. The van der Waals surface area contributed by atoms with Gasteiger partial charge >= 0.3 is 5.97 Å². The van der Waals surface area contributed by atoms with Crippen molar-refractivity contribution in [1.82, 2.24) is 9.55 Å². The highest BCUT2D eigenvalue weighted by Gasteiger charge is 2.12. The number of carboxylic acid groups (broad SMARTS) is 1. The number of nitrogens with zero attached hydrogens (tertiary/aromatic N) is 2. The van der Waals surface area contributed by atoms with Crippen LogP contribution in [0.3, 0.4) is 0 Å². The van der Waals surface area contributed by atoms with Gasteiger partial charge in [-0.15, -0.1) is 0 Å². The average molecular weight is 248 g/mol. The summed E-state index contributed by atoms with van der Waals surface area (Å²) in [5.74, 6) is -0.963. The number of hydrogen-bond donors (Lipinski definition) is 2. The molecule has 0 aliphatic rings. The fraction of sp³-hybridized carbons (Fsp3) is 0.385. The van der Waals surface area contributed by atoms with E-state index in [-0.39, 0.29) is 11.7 Å². The number of aromatic nitrogens is 2. The maximum absolute atomic E-state index is 11.0. The summed E-state index contributed by atoms with van der Waals surface area (Å²) >= 11 is 0. The van der Waals surface area contributed by atoms with Crippen molar-refractivity contribution < 1.29 is 15.0 Å². The summed E-state index contributed by atoms with van der Waals surface area (Å²) in [5, 5.41) is 18.3. The number of aromatic carboxylic acids is 1. The van der Waals surface area contributed by atoms with Crippen LogP contribution in [0.2, 0.25) is 0 Å². The first kappa shape index (κ1) is 12.6. The lowest BCUT2D eigenvalue weighted by Crippen LogP contribution is -2.03. The Morgan fingerprint density at radius 1 is 1.50 bits per heavy atom. The van der Waals surface area contributed by atoms with E-state index in [0.29, 0.717) is 5.52 Å². The lowest BCUT2D eigenvalue weighted by Gasteiger charge is -2.06. The Labute approximate surface area is 105 Å². The molecule has 18 heavy (non-hydrogen) atoms. The van der Waals surface area contributed by atoms with Gasteiger partial charge in [0.25, 0.3) is 0 Å². The van der Waals surface area contributed by atoms with E-state index in [0.717, 1.165) is 24.9 Å². The fourth-order valence-corrected chi connectivity index (χ4v) is 2.00. The van der Waals surface area contributed by atoms with Gasteiger partial charge in [-0.3, -0.25) is 0 Å². The first-order valence-electron chi connectivity index (χ1n) is 5.95. The summed E-state index contributed by atoms with van der Waals surface area (Å²) < 4.78 is 1.92. The minimum atomic E-state index is -0.963. The van der Waals surface area contributed by atoms with E-state index in [9.17, 15) is 9.90 Å². The second kappa shape index (κ2) is 5.18. The summed E-state index contributed by atoms with van der Waals surface area (Å²) in [7, 11) is 0. The van der Waals surface area contributed by atoms with E-state index >= 15 is 0 Å². The molecule has 1 aromatic heterocycles. The predicted octanol–water partition coefficient (Wildman–Crippen LogP) is 1.90. The molecule has 1 unspecified atom stereocenters. The van der Waals surface area contributed by atoms with E-state index < -0.39 is 5.97 Å². The van der Waals surface area contributed by atoms with E-state index in [4.69, 9.17) is 5.11 Å². The fourth-order valence-electron chi connectivity index (χ4n) is 2.00. The first-order valence-corrected chi connectivity index (χ1v) is 5.95. The standard InChI is InChI=1S/C13H16N2O3/c1-9(16)4-3-7-15-8-14-12-10(13(17)18)5-2-6-11(12)15/h2,5-6,8-9,16H,3-4,7H2,1H3,(H,17,18). The van der Waals surface area contributed by atoms with Gasteiger partial charge in [-0.1, -0.05) is 6.07 Å². The molecule has 5 nitrogen and oxygen atoms in total. The molecule has 2 aromatic rings. The predicted molar refractivity (Wildman–Crippen MR) is 67.6 cm³/mol. The highest BCUT2D eigenvalue weighted by molar-refractivity contribution is 6.00. The zero-order chi connectivity index (χ0) is 13.1.